The van der Waals surface area contributed by atoms with Crippen molar-refractivity contribution in [1.29, 1.82) is 0 Å². The van der Waals surface area contributed by atoms with Crippen LogP contribution in [0.4, 0.5) is 9.59 Å². The molecule has 10 heteroatoms. The van der Waals surface area contributed by atoms with Crippen LogP contribution in [0.3, 0.4) is 0 Å². The van der Waals surface area contributed by atoms with E-state index in [-0.39, 0.29) is 22.5 Å². The van der Waals surface area contributed by atoms with Crippen molar-refractivity contribution in [3.05, 3.63) is 0 Å². The van der Waals surface area contributed by atoms with Crippen LogP contribution in [-0.4, -0.2) is 28.3 Å². The van der Waals surface area contributed by atoms with Gasteiger partial charge in [-0.2, -0.15) is 0 Å². The number of rotatable bonds is 0. The predicted octanol–water partition coefficient (Wildman–Crippen LogP) is -3.19. The summed E-state index contributed by atoms with van der Waals surface area (Å²) in [5.74, 6) is 0. The van der Waals surface area contributed by atoms with Crippen LogP contribution >= 0.6 is 0 Å². The third kappa shape index (κ3) is 65.2. The van der Waals surface area contributed by atoms with E-state index in [0.29, 0.717) is 0 Å². The minimum absolute atomic E-state index is 0. The molecule has 0 rings (SSSR count). The van der Waals surface area contributed by atoms with Gasteiger partial charge in [-0.1, -0.05) is 0 Å². The van der Waals surface area contributed by atoms with Crippen molar-refractivity contribution < 1.29 is 62.6 Å². The zero-order valence-electron chi connectivity index (χ0n) is 5.15. The normalized spacial score (nSPS) is 5.50. The Hall–Kier alpha value is -1.06. The summed E-state index contributed by atoms with van der Waals surface area (Å²) in [5.41, 5.74) is 0. The number of hydrogen-bond acceptors (Lipinski definition) is 8. The molecule has 0 heterocycles. The first-order valence-corrected chi connectivity index (χ1v) is 1.59. The summed E-state index contributed by atoms with van der Waals surface area (Å²) < 4.78 is 0. The number of carboxylic acid groups (broad SMARTS) is 2. The smallest absolute Gasteiger partial charge is 0.424 e. The molecule has 0 aromatic rings. The Morgan fingerprint density at radius 2 is 1.08 bits per heavy atom. The van der Waals surface area contributed by atoms with E-state index in [4.69, 9.17) is 30.3 Å². The SMILES string of the molecule is O.O=C([O-])OO.O=C([O-])OO.[Cu+2]. The van der Waals surface area contributed by atoms with E-state index in [1.807, 2.05) is 0 Å². The van der Waals surface area contributed by atoms with Crippen LogP contribution in [-0.2, 0) is 26.8 Å². The molecule has 0 amide bonds. The summed E-state index contributed by atoms with van der Waals surface area (Å²) in [5, 5.41) is 31.5. The van der Waals surface area contributed by atoms with Crippen LogP contribution in [0.15, 0.2) is 0 Å². The fourth-order valence-corrected chi connectivity index (χ4v) is 0. The van der Waals surface area contributed by atoms with E-state index in [0.717, 1.165) is 0 Å². The van der Waals surface area contributed by atoms with Gasteiger partial charge >= 0.3 is 17.1 Å². The Morgan fingerprint density at radius 3 is 1.08 bits per heavy atom. The zero-order valence-corrected chi connectivity index (χ0v) is 6.09. The van der Waals surface area contributed by atoms with E-state index in [9.17, 15) is 0 Å². The molecule has 0 atom stereocenters. The topological polar surface area (TPSA) is 171 Å². The second-order valence-corrected chi connectivity index (χ2v) is 0.683. The molecule has 0 unspecified atom stereocenters. The summed E-state index contributed by atoms with van der Waals surface area (Å²) in [6.45, 7) is 0. The van der Waals surface area contributed by atoms with Gasteiger partial charge < -0.3 is 35.1 Å². The maximum Gasteiger partial charge on any atom is 2.00 e. The van der Waals surface area contributed by atoms with Gasteiger partial charge in [-0.15, -0.1) is 0 Å². The van der Waals surface area contributed by atoms with Gasteiger partial charge in [-0.3, -0.25) is 10.5 Å². The van der Waals surface area contributed by atoms with Crippen molar-refractivity contribution in [2.75, 3.05) is 0 Å². The van der Waals surface area contributed by atoms with Gasteiger partial charge in [0.2, 0.25) is 0 Å². The Morgan fingerprint density at radius 1 is 1.00 bits per heavy atom. The fourth-order valence-electron chi connectivity index (χ4n) is 0. The molecule has 0 aliphatic heterocycles. The molecule has 0 fully saturated rings. The van der Waals surface area contributed by atoms with E-state index in [1.165, 1.54) is 0 Å². The number of carbonyl (C=O) groups excluding carboxylic acids is 2. The first-order valence-electron chi connectivity index (χ1n) is 1.59. The molecule has 0 aliphatic carbocycles. The van der Waals surface area contributed by atoms with Gasteiger partial charge in [0.1, 0.15) is 0 Å². The molecule has 0 saturated heterocycles. The maximum atomic E-state index is 8.78. The second-order valence-electron chi connectivity index (χ2n) is 0.683. The quantitative estimate of drug-likeness (QED) is 0.251. The van der Waals surface area contributed by atoms with Crippen LogP contribution in [0.5, 0.6) is 0 Å². The van der Waals surface area contributed by atoms with E-state index < -0.39 is 12.3 Å². The zero-order chi connectivity index (χ0) is 8.57. The molecule has 0 aliphatic rings. The molecule has 9 nitrogen and oxygen atoms in total. The van der Waals surface area contributed by atoms with Gasteiger partial charge in [-0.25, -0.2) is 0 Å². The molecule has 0 aromatic carbocycles. The fraction of sp³-hybridized carbons (Fsp3) is 0. The van der Waals surface area contributed by atoms with Crippen molar-refractivity contribution in [1.82, 2.24) is 0 Å². The summed E-state index contributed by atoms with van der Waals surface area (Å²) in [6, 6.07) is 0. The summed E-state index contributed by atoms with van der Waals surface area (Å²) in [7, 11) is 0. The average molecular weight is 236 g/mol. The maximum absolute atomic E-state index is 8.78. The molecular formula is C2H4CuO9. The van der Waals surface area contributed by atoms with Gasteiger partial charge in [0, 0.05) is 0 Å². The molecule has 0 bridgehead atoms. The Kier molecular flexibility index (Phi) is 30.8. The second kappa shape index (κ2) is 16.5. The molecule has 0 aromatic heterocycles. The van der Waals surface area contributed by atoms with Gasteiger partial charge in [0.05, 0.1) is 0 Å². The first kappa shape index (κ1) is 22.4. The average Bonchev–Trinajstić information content (AvgIpc) is 1.89. The Balaban J connectivity index is -0.0000000457. The van der Waals surface area contributed by atoms with Gasteiger partial charge in [-0.05, 0) is 0 Å². The van der Waals surface area contributed by atoms with Crippen molar-refractivity contribution in [3.63, 3.8) is 0 Å². The Bertz CT molecular complexity index is 97.1. The van der Waals surface area contributed by atoms with Crippen LogP contribution in [0, 0.1) is 0 Å². The summed E-state index contributed by atoms with van der Waals surface area (Å²) in [4.78, 5) is 22.7. The standard InChI is InChI=1S/2CH2O4.Cu.H2O/c2*2-1(3)5-4;;/h2*4H,(H,2,3);;1H2/q;;+2;/p-2. The van der Waals surface area contributed by atoms with Gasteiger partial charge in [0.15, 0.2) is 0 Å². The summed E-state index contributed by atoms with van der Waals surface area (Å²) in [6.07, 6.45) is -3.88. The summed E-state index contributed by atoms with van der Waals surface area (Å²) >= 11 is 0. The van der Waals surface area contributed by atoms with E-state index in [2.05, 4.69) is 9.78 Å². The van der Waals surface area contributed by atoms with Crippen molar-refractivity contribution in [3.8, 4) is 0 Å². The predicted molar refractivity (Wildman–Crippen MR) is 21.8 cm³/mol. The largest absolute Gasteiger partial charge is 2.00 e. The van der Waals surface area contributed by atoms with Crippen LogP contribution in [0.1, 0.15) is 0 Å². The number of carbonyl (C=O) groups is 2. The third-order valence-corrected chi connectivity index (χ3v) is 0.149. The van der Waals surface area contributed by atoms with E-state index >= 15 is 0 Å². The van der Waals surface area contributed by atoms with Gasteiger partial charge in [0.25, 0.3) is 12.3 Å². The van der Waals surface area contributed by atoms with Crippen molar-refractivity contribution >= 4 is 12.3 Å². The molecular weight excluding hydrogens is 232 g/mol. The van der Waals surface area contributed by atoms with Crippen LogP contribution in [0.2, 0.25) is 0 Å². The van der Waals surface area contributed by atoms with Crippen molar-refractivity contribution in [2.24, 2.45) is 0 Å². The molecule has 0 spiro atoms. The molecule has 4 N–H and O–H groups in total. The first-order chi connectivity index (χ1) is 4.54. The number of hydrogen-bond donors (Lipinski definition) is 2. The minimum Gasteiger partial charge on any atom is -0.424 e. The molecule has 0 saturated carbocycles. The molecule has 12 heavy (non-hydrogen) atoms. The Labute approximate surface area is 75.8 Å². The molecule has 1 radical (unpaired) electrons. The van der Waals surface area contributed by atoms with Crippen LogP contribution < -0.4 is 10.2 Å². The van der Waals surface area contributed by atoms with E-state index in [1.54, 1.807) is 0 Å². The third-order valence-electron chi connectivity index (χ3n) is 0.149. The van der Waals surface area contributed by atoms with Crippen molar-refractivity contribution in [2.45, 2.75) is 0 Å². The monoisotopic (exact) mass is 235 g/mol. The molecule has 77 valence electrons. The van der Waals surface area contributed by atoms with Crippen LogP contribution in [0.25, 0.3) is 0 Å². The minimum atomic E-state index is -1.94.